The van der Waals surface area contributed by atoms with E-state index in [9.17, 15) is 4.79 Å². The van der Waals surface area contributed by atoms with Crippen LogP contribution in [0.3, 0.4) is 0 Å². The fraction of sp³-hybridized carbons (Fsp3) is 0.938. The zero-order valence-electron chi connectivity index (χ0n) is 13.0. The molecule has 0 spiro atoms. The van der Waals surface area contributed by atoms with E-state index < -0.39 is 5.97 Å². The van der Waals surface area contributed by atoms with Gasteiger partial charge in [-0.2, -0.15) is 0 Å². The number of hydrogen-bond donors (Lipinski definition) is 1. The van der Waals surface area contributed by atoms with Gasteiger partial charge in [0.25, 0.3) is 0 Å². The maximum absolute atomic E-state index is 10.6. The van der Waals surface area contributed by atoms with Gasteiger partial charge in [0.1, 0.15) is 0 Å². The number of nitrogens with zero attached hydrogens (tertiary/aromatic N) is 1. The largest absolute Gasteiger partial charge is 0.481 e. The van der Waals surface area contributed by atoms with E-state index in [1.165, 1.54) is 51.4 Å². The summed E-state index contributed by atoms with van der Waals surface area (Å²) in [5.41, 5.74) is 0. The Morgan fingerprint density at radius 2 is 1.26 bits per heavy atom. The molecule has 0 aromatic carbocycles. The molecular weight excluding hydrogens is 238 g/mol. The van der Waals surface area contributed by atoms with Gasteiger partial charge in [0.2, 0.25) is 0 Å². The first kappa shape index (κ1) is 18.4. The zero-order chi connectivity index (χ0) is 14.3. The summed E-state index contributed by atoms with van der Waals surface area (Å²) >= 11 is 0. The highest BCUT2D eigenvalue weighted by atomic mass is 16.4. The van der Waals surface area contributed by atoms with Crippen molar-refractivity contribution in [2.24, 2.45) is 0 Å². The lowest BCUT2D eigenvalue weighted by Crippen LogP contribution is -2.27. The quantitative estimate of drug-likeness (QED) is 0.478. The number of rotatable bonds is 14. The fourth-order valence-corrected chi connectivity index (χ4v) is 2.31. The average Bonchev–Trinajstić information content (AvgIpc) is 2.38. The van der Waals surface area contributed by atoms with Crippen LogP contribution in [-0.4, -0.2) is 35.6 Å². The van der Waals surface area contributed by atoms with Crippen molar-refractivity contribution >= 4 is 5.97 Å². The highest BCUT2D eigenvalue weighted by Crippen LogP contribution is 2.06. The summed E-state index contributed by atoms with van der Waals surface area (Å²) in [5.74, 6) is -0.670. The summed E-state index contributed by atoms with van der Waals surface area (Å²) in [6, 6.07) is 0. The van der Waals surface area contributed by atoms with Crippen LogP contribution < -0.4 is 0 Å². The second-order valence-corrected chi connectivity index (χ2v) is 5.46. The van der Waals surface area contributed by atoms with E-state index in [2.05, 4.69) is 18.7 Å². The monoisotopic (exact) mass is 271 g/mol. The second kappa shape index (κ2) is 13.9. The molecule has 0 aliphatic heterocycles. The molecule has 0 aromatic rings. The Balaban J connectivity index is 3.75. The van der Waals surface area contributed by atoms with E-state index >= 15 is 0 Å². The summed E-state index contributed by atoms with van der Waals surface area (Å²) in [4.78, 5) is 13.0. The van der Waals surface area contributed by atoms with Crippen LogP contribution in [0.5, 0.6) is 0 Å². The predicted molar refractivity (Wildman–Crippen MR) is 81.6 cm³/mol. The first-order chi connectivity index (χ1) is 9.20. The normalized spacial score (nSPS) is 11.1. The molecule has 19 heavy (non-hydrogen) atoms. The molecule has 114 valence electrons. The van der Waals surface area contributed by atoms with Gasteiger partial charge in [0, 0.05) is 6.42 Å². The Bertz CT molecular complexity index is 195. The first-order valence-electron chi connectivity index (χ1n) is 8.14. The number of carboxylic acids is 1. The molecular formula is C16H33NO2. The van der Waals surface area contributed by atoms with E-state index in [0.29, 0.717) is 6.42 Å². The third kappa shape index (κ3) is 13.7. The molecule has 0 rings (SSSR count). The van der Waals surface area contributed by atoms with Crippen LogP contribution in [0.25, 0.3) is 0 Å². The SMILES string of the molecule is CCCCCCN(CCCCCC)CCCC(=O)O. The molecule has 0 heterocycles. The average molecular weight is 271 g/mol. The van der Waals surface area contributed by atoms with Crippen LogP contribution in [-0.2, 0) is 4.79 Å². The highest BCUT2D eigenvalue weighted by Gasteiger charge is 2.06. The number of carboxylic acid groups (broad SMARTS) is 1. The van der Waals surface area contributed by atoms with Crippen molar-refractivity contribution in [2.75, 3.05) is 19.6 Å². The topological polar surface area (TPSA) is 40.5 Å². The molecule has 1 N–H and O–H groups in total. The van der Waals surface area contributed by atoms with E-state index in [1.54, 1.807) is 0 Å². The van der Waals surface area contributed by atoms with Gasteiger partial charge < -0.3 is 10.0 Å². The molecule has 0 aliphatic rings. The van der Waals surface area contributed by atoms with Gasteiger partial charge in [-0.05, 0) is 38.9 Å². The van der Waals surface area contributed by atoms with Crippen molar-refractivity contribution in [3.05, 3.63) is 0 Å². The van der Waals surface area contributed by atoms with Crippen molar-refractivity contribution in [3.63, 3.8) is 0 Å². The van der Waals surface area contributed by atoms with Gasteiger partial charge in [-0.25, -0.2) is 0 Å². The Morgan fingerprint density at radius 3 is 1.68 bits per heavy atom. The number of unbranched alkanes of at least 4 members (excludes halogenated alkanes) is 6. The van der Waals surface area contributed by atoms with Crippen LogP contribution in [0, 0.1) is 0 Å². The van der Waals surface area contributed by atoms with Gasteiger partial charge in [0.05, 0.1) is 0 Å². The first-order valence-corrected chi connectivity index (χ1v) is 8.14. The van der Waals surface area contributed by atoms with Crippen LogP contribution in [0.4, 0.5) is 0 Å². The molecule has 0 aromatic heterocycles. The minimum atomic E-state index is -0.670. The Hall–Kier alpha value is -0.570. The number of carbonyl (C=O) groups is 1. The molecule has 0 saturated carbocycles. The van der Waals surface area contributed by atoms with Gasteiger partial charge in [0.15, 0.2) is 0 Å². The Morgan fingerprint density at radius 1 is 0.789 bits per heavy atom. The zero-order valence-corrected chi connectivity index (χ0v) is 13.0. The van der Waals surface area contributed by atoms with Gasteiger partial charge >= 0.3 is 5.97 Å². The van der Waals surface area contributed by atoms with E-state index in [4.69, 9.17) is 5.11 Å². The molecule has 0 bridgehead atoms. The Kier molecular flexibility index (Phi) is 13.4. The second-order valence-electron chi connectivity index (χ2n) is 5.46. The molecule has 3 nitrogen and oxygen atoms in total. The molecule has 3 heteroatoms. The molecule has 0 aliphatic carbocycles. The van der Waals surface area contributed by atoms with E-state index in [1.807, 2.05) is 0 Å². The number of hydrogen-bond acceptors (Lipinski definition) is 2. The predicted octanol–water partition coefficient (Wildman–Crippen LogP) is 4.31. The number of aliphatic carboxylic acids is 1. The van der Waals surface area contributed by atoms with Crippen LogP contribution >= 0.6 is 0 Å². The van der Waals surface area contributed by atoms with Gasteiger partial charge in [-0.15, -0.1) is 0 Å². The Labute approximate surface area is 119 Å². The lowest BCUT2D eigenvalue weighted by Gasteiger charge is -2.22. The van der Waals surface area contributed by atoms with Crippen molar-refractivity contribution in [2.45, 2.75) is 78.1 Å². The van der Waals surface area contributed by atoms with Crippen molar-refractivity contribution in [1.82, 2.24) is 4.90 Å². The molecule has 0 amide bonds. The maximum atomic E-state index is 10.6. The van der Waals surface area contributed by atoms with Crippen molar-refractivity contribution in [1.29, 1.82) is 0 Å². The van der Waals surface area contributed by atoms with E-state index in [0.717, 1.165) is 26.1 Å². The smallest absolute Gasteiger partial charge is 0.303 e. The molecule has 0 atom stereocenters. The molecule has 0 unspecified atom stereocenters. The summed E-state index contributed by atoms with van der Waals surface area (Å²) < 4.78 is 0. The summed E-state index contributed by atoms with van der Waals surface area (Å²) in [7, 11) is 0. The summed E-state index contributed by atoms with van der Waals surface area (Å²) in [5, 5.41) is 8.70. The van der Waals surface area contributed by atoms with Gasteiger partial charge in [-0.3, -0.25) is 4.79 Å². The molecule has 0 radical (unpaired) electrons. The van der Waals surface area contributed by atoms with Crippen LogP contribution in [0.1, 0.15) is 78.1 Å². The summed E-state index contributed by atoms with van der Waals surface area (Å²) in [6.45, 7) is 7.70. The lowest BCUT2D eigenvalue weighted by molar-refractivity contribution is -0.137. The summed E-state index contributed by atoms with van der Waals surface area (Å²) in [6.07, 6.45) is 11.4. The van der Waals surface area contributed by atoms with Crippen molar-refractivity contribution < 1.29 is 9.90 Å². The van der Waals surface area contributed by atoms with Crippen LogP contribution in [0.2, 0.25) is 0 Å². The maximum Gasteiger partial charge on any atom is 0.303 e. The lowest BCUT2D eigenvalue weighted by atomic mass is 10.1. The minimum Gasteiger partial charge on any atom is -0.481 e. The van der Waals surface area contributed by atoms with E-state index in [-0.39, 0.29) is 0 Å². The third-order valence-electron chi connectivity index (χ3n) is 3.52. The van der Waals surface area contributed by atoms with Crippen molar-refractivity contribution in [3.8, 4) is 0 Å². The molecule has 0 fully saturated rings. The third-order valence-corrected chi connectivity index (χ3v) is 3.52. The minimum absolute atomic E-state index is 0.306. The standard InChI is InChI=1S/C16H33NO2/c1-3-5-7-9-13-17(14-10-8-6-4-2)15-11-12-16(18)19/h3-15H2,1-2H3,(H,18,19). The molecule has 0 saturated heterocycles. The van der Waals surface area contributed by atoms with Gasteiger partial charge in [-0.1, -0.05) is 52.4 Å². The fourth-order valence-electron chi connectivity index (χ4n) is 2.31. The highest BCUT2D eigenvalue weighted by molar-refractivity contribution is 5.66. The van der Waals surface area contributed by atoms with Crippen LogP contribution in [0.15, 0.2) is 0 Å².